The lowest BCUT2D eigenvalue weighted by molar-refractivity contribution is -0.146. The largest absolute Gasteiger partial charge is 0.481 e. The van der Waals surface area contributed by atoms with Gasteiger partial charge < -0.3 is 14.6 Å². The second-order valence-electron chi connectivity index (χ2n) is 10.1. The molecule has 0 amide bonds. The third kappa shape index (κ3) is 3.07. The molecule has 27 heavy (non-hydrogen) atoms. The van der Waals surface area contributed by atoms with Crippen molar-refractivity contribution in [2.24, 2.45) is 22.7 Å². The number of carboxylic acid groups (broad SMARTS) is 1. The highest BCUT2D eigenvalue weighted by molar-refractivity contribution is 5.89. The summed E-state index contributed by atoms with van der Waals surface area (Å²) in [6.45, 7) is 8.32. The number of ether oxygens (including phenoxy) is 2. The Labute approximate surface area is 161 Å². The van der Waals surface area contributed by atoms with Gasteiger partial charge in [-0.2, -0.15) is 0 Å². The van der Waals surface area contributed by atoms with Gasteiger partial charge in [0.1, 0.15) is 5.78 Å². The van der Waals surface area contributed by atoms with Crippen LogP contribution in [0.4, 0.5) is 0 Å². The Morgan fingerprint density at radius 1 is 1.22 bits per heavy atom. The summed E-state index contributed by atoms with van der Waals surface area (Å²) < 4.78 is 12.4. The maximum Gasteiger partial charge on any atom is 0.303 e. The molecule has 0 unspecified atom stereocenters. The van der Waals surface area contributed by atoms with Crippen molar-refractivity contribution in [1.29, 1.82) is 0 Å². The summed E-state index contributed by atoms with van der Waals surface area (Å²) in [5, 5.41) is 9.16. The van der Waals surface area contributed by atoms with Crippen LogP contribution in [-0.4, -0.2) is 34.9 Å². The van der Waals surface area contributed by atoms with E-state index in [1.54, 1.807) is 0 Å². The molecule has 5 heteroatoms. The topological polar surface area (TPSA) is 72.8 Å². The van der Waals surface area contributed by atoms with E-state index in [2.05, 4.69) is 13.0 Å². The lowest BCUT2D eigenvalue weighted by Crippen LogP contribution is -2.52. The van der Waals surface area contributed by atoms with Crippen LogP contribution < -0.4 is 0 Å². The minimum absolute atomic E-state index is 0.0457. The summed E-state index contributed by atoms with van der Waals surface area (Å²) in [6.07, 6.45) is 7.35. The van der Waals surface area contributed by atoms with Gasteiger partial charge in [-0.15, -0.1) is 0 Å². The molecule has 0 radical (unpaired) electrons. The van der Waals surface area contributed by atoms with Crippen LogP contribution in [0.15, 0.2) is 11.6 Å². The van der Waals surface area contributed by atoms with Crippen molar-refractivity contribution in [3.63, 3.8) is 0 Å². The van der Waals surface area contributed by atoms with E-state index in [4.69, 9.17) is 14.6 Å². The molecule has 0 aromatic rings. The number of carboxylic acids is 1. The lowest BCUT2D eigenvalue weighted by Gasteiger charge is -2.55. The zero-order valence-electron chi connectivity index (χ0n) is 16.9. The van der Waals surface area contributed by atoms with Crippen molar-refractivity contribution in [3.8, 4) is 0 Å². The molecular formula is C22H32O5. The first-order valence-corrected chi connectivity index (χ1v) is 10.4. The normalized spacial score (nSPS) is 45.5. The second kappa shape index (κ2) is 6.15. The van der Waals surface area contributed by atoms with Gasteiger partial charge in [0, 0.05) is 18.3 Å². The first kappa shape index (κ1) is 19.1. The first-order chi connectivity index (χ1) is 12.5. The predicted molar refractivity (Wildman–Crippen MR) is 100 cm³/mol. The Kier molecular flexibility index (Phi) is 4.36. The number of Topliss-reactive ketones (excluding diaryl/α,β-unsaturated/α-hetero) is 1. The van der Waals surface area contributed by atoms with Gasteiger partial charge in [0.15, 0.2) is 5.79 Å². The highest BCUT2D eigenvalue weighted by atomic mass is 16.7. The van der Waals surface area contributed by atoms with Crippen LogP contribution in [0, 0.1) is 22.7 Å². The summed E-state index contributed by atoms with van der Waals surface area (Å²) in [5.74, 6) is -0.313. The molecule has 0 aromatic carbocycles. The second-order valence-corrected chi connectivity index (χ2v) is 10.1. The molecule has 4 aliphatic rings. The van der Waals surface area contributed by atoms with Gasteiger partial charge in [0.2, 0.25) is 0 Å². The van der Waals surface area contributed by atoms with Gasteiger partial charge in [0.25, 0.3) is 0 Å². The number of allylic oxidation sites excluding steroid dienone is 2. The van der Waals surface area contributed by atoms with Crippen molar-refractivity contribution < 1.29 is 24.2 Å². The fourth-order valence-electron chi connectivity index (χ4n) is 6.38. The standard InChI is InChI=1S/C22H32O5/c1-20(2)26-16-11-15-13-5-6-18(23)22(4,10-8-19(24)25)14(13)7-9-21(15,3)12-17(16)27-20/h7,13,15-17H,5-6,8-12H2,1-4H3,(H,24,25)/t13-,15-,16-,17+,21-,22-/m1/s1. The Bertz CT molecular complexity index is 695. The van der Waals surface area contributed by atoms with Crippen molar-refractivity contribution in [2.75, 3.05) is 0 Å². The number of ketones is 1. The molecule has 3 fully saturated rings. The number of hydrogen-bond acceptors (Lipinski definition) is 4. The van der Waals surface area contributed by atoms with Gasteiger partial charge in [-0.1, -0.05) is 18.6 Å². The molecule has 0 bridgehead atoms. The van der Waals surface area contributed by atoms with E-state index in [1.165, 1.54) is 5.57 Å². The van der Waals surface area contributed by atoms with E-state index in [0.717, 1.165) is 25.7 Å². The Balaban J connectivity index is 1.63. The van der Waals surface area contributed by atoms with Gasteiger partial charge in [-0.25, -0.2) is 0 Å². The van der Waals surface area contributed by atoms with Crippen molar-refractivity contribution in [2.45, 2.75) is 90.6 Å². The summed E-state index contributed by atoms with van der Waals surface area (Å²) in [6, 6.07) is 0. The minimum atomic E-state index is -0.827. The van der Waals surface area contributed by atoms with E-state index in [0.29, 0.717) is 24.7 Å². The maximum atomic E-state index is 12.8. The fourth-order valence-corrected chi connectivity index (χ4v) is 6.38. The Morgan fingerprint density at radius 2 is 1.93 bits per heavy atom. The SMILES string of the molecule is CC1(C)O[C@H]2C[C@@]3(C)CC=C4[C@@H](CCC(=O)[C@]4(C)CCC(=O)O)[C@H]3C[C@H]2O1. The third-order valence-electron chi connectivity index (χ3n) is 7.78. The monoisotopic (exact) mass is 376 g/mol. The average molecular weight is 376 g/mol. The molecular weight excluding hydrogens is 344 g/mol. The van der Waals surface area contributed by atoms with Crippen molar-refractivity contribution in [3.05, 3.63) is 11.6 Å². The summed E-state index contributed by atoms with van der Waals surface area (Å²) in [5.41, 5.74) is 0.748. The van der Waals surface area contributed by atoms with E-state index in [-0.39, 0.29) is 29.8 Å². The highest BCUT2D eigenvalue weighted by Gasteiger charge is 2.58. The summed E-state index contributed by atoms with van der Waals surface area (Å²) in [7, 11) is 0. The molecule has 1 aliphatic heterocycles. The minimum Gasteiger partial charge on any atom is -0.481 e. The molecule has 3 aliphatic carbocycles. The molecule has 1 heterocycles. The number of hydrogen-bond donors (Lipinski definition) is 1. The van der Waals surface area contributed by atoms with Crippen LogP contribution >= 0.6 is 0 Å². The van der Waals surface area contributed by atoms with Crippen LogP contribution in [0.25, 0.3) is 0 Å². The molecule has 0 spiro atoms. The first-order valence-electron chi connectivity index (χ1n) is 10.4. The molecule has 0 aromatic heterocycles. The zero-order chi connectivity index (χ0) is 19.6. The summed E-state index contributed by atoms with van der Waals surface area (Å²) >= 11 is 0. The zero-order valence-corrected chi connectivity index (χ0v) is 16.9. The molecule has 6 atom stereocenters. The van der Waals surface area contributed by atoms with Gasteiger partial charge in [0.05, 0.1) is 12.2 Å². The fraction of sp³-hybridized carbons (Fsp3) is 0.818. The smallest absolute Gasteiger partial charge is 0.303 e. The van der Waals surface area contributed by atoms with E-state index < -0.39 is 17.2 Å². The number of fused-ring (bicyclic) bond motifs is 4. The van der Waals surface area contributed by atoms with Crippen LogP contribution in [-0.2, 0) is 19.1 Å². The molecule has 150 valence electrons. The molecule has 4 rings (SSSR count). The van der Waals surface area contributed by atoms with Crippen LogP contribution in [0.1, 0.15) is 72.6 Å². The molecule has 1 saturated heterocycles. The van der Waals surface area contributed by atoms with Gasteiger partial charge in [-0.3, -0.25) is 9.59 Å². The maximum absolute atomic E-state index is 12.8. The highest BCUT2D eigenvalue weighted by Crippen LogP contribution is 2.61. The summed E-state index contributed by atoms with van der Waals surface area (Å²) in [4.78, 5) is 24.0. The van der Waals surface area contributed by atoms with Crippen molar-refractivity contribution >= 4 is 11.8 Å². The van der Waals surface area contributed by atoms with Crippen LogP contribution in [0.5, 0.6) is 0 Å². The quantitative estimate of drug-likeness (QED) is 0.751. The van der Waals surface area contributed by atoms with E-state index in [9.17, 15) is 9.59 Å². The van der Waals surface area contributed by atoms with Crippen molar-refractivity contribution in [1.82, 2.24) is 0 Å². The molecule has 5 nitrogen and oxygen atoms in total. The van der Waals surface area contributed by atoms with Gasteiger partial charge >= 0.3 is 5.97 Å². The number of aliphatic carboxylic acids is 1. The number of carbonyl (C=O) groups excluding carboxylic acids is 1. The molecule has 2 saturated carbocycles. The van der Waals surface area contributed by atoms with Crippen LogP contribution in [0.2, 0.25) is 0 Å². The molecule has 1 N–H and O–H groups in total. The van der Waals surface area contributed by atoms with Gasteiger partial charge in [-0.05, 0) is 70.1 Å². The van der Waals surface area contributed by atoms with E-state index in [1.807, 2.05) is 20.8 Å². The van der Waals surface area contributed by atoms with E-state index >= 15 is 0 Å². The number of carbonyl (C=O) groups is 2. The Morgan fingerprint density at radius 3 is 2.63 bits per heavy atom. The third-order valence-corrected chi connectivity index (χ3v) is 7.78. The number of rotatable bonds is 3. The van der Waals surface area contributed by atoms with Crippen LogP contribution in [0.3, 0.4) is 0 Å². The predicted octanol–water partition coefficient (Wildman–Crippen LogP) is 4.10. The average Bonchev–Trinajstić information content (AvgIpc) is 2.86. The lowest BCUT2D eigenvalue weighted by atomic mass is 9.49. The Hall–Kier alpha value is -1.20.